The second-order valence-corrected chi connectivity index (χ2v) is 4.44. The zero-order valence-electron chi connectivity index (χ0n) is 9.24. The SMILES string of the molecule is CCN(CC(C)C#N)c1ncc(Br)cc1F. The number of nitriles is 1. The highest BCUT2D eigenvalue weighted by Gasteiger charge is 2.14. The Morgan fingerprint density at radius 1 is 1.69 bits per heavy atom. The molecule has 0 aromatic carbocycles. The van der Waals surface area contributed by atoms with E-state index in [1.807, 2.05) is 6.92 Å². The maximum atomic E-state index is 13.6. The van der Waals surface area contributed by atoms with E-state index >= 15 is 0 Å². The lowest BCUT2D eigenvalue weighted by Gasteiger charge is -2.23. The van der Waals surface area contributed by atoms with E-state index in [0.29, 0.717) is 23.4 Å². The number of hydrogen-bond acceptors (Lipinski definition) is 3. The standard InChI is InChI=1S/C11H13BrFN3/c1-3-16(7-8(2)5-14)11-10(13)4-9(12)6-15-11/h4,6,8H,3,7H2,1-2H3. The molecule has 1 heterocycles. The molecule has 0 bridgehead atoms. The number of hydrogen-bond donors (Lipinski definition) is 0. The molecule has 3 nitrogen and oxygen atoms in total. The molecule has 1 atom stereocenters. The molecule has 0 aliphatic rings. The fraction of sp³-hybridized carbons (Fsp3) is 0.455. The molecule has 1 aromatic heterocycles. The zero-order valence-corrected chi connectivity index (χ0v) is 10.8. The van der Waals surface area contributed by atoms with E-state index < -0.39 is 0 Å². The molecular formula is C11H13BrFN3. The van der Waals surface area contributed by atoms with Crippen molar-refractivity contribution in [3.8, 4) is 6.07 Å². The lowest BCUT2D eigenvalue weighted by Crippen LogP contribution is -2.29. The van der Waals surface area contributed by atoms with Crippen molar-refractivity contribution in [3.63, 3.8) is 0 Å². The molecule has 0 saturated heterocycles. The average Bonchev–Trinajstić information content (AvgIpc) is 2.26. The quantitative estimate of drug-likeness (QED) is 0.854. The molecule has 0 N–H and O–H groups in total. The van der Waals surface area contributed by atoms with Gasteiger partial charge < -0.3 is 4.90 Å². The van der Waals surface area contributed by atoms with Gasteiger partial charge >= 0.3 is 0 Å². The molecule has 0 amide bonds. The Balaban J connectivity index is 2.91. The molecule has 0 spiro atoms. The van der Waals surface area contributed by atoms with Crippen LogP contribution in [0.2, 0.25) is 0 Å². The molecule has 0 fully saturated rings. The van der Waals surface area contributed by atoms with Gasteiger partial charge in [-0.05, 0) is 35.8 Å². The van der Waals surface area contributed by atoms with Crippen LogP contribution < -0.4 is 4.90 Å². The smallest absolute Gasteiger partial charge is 0.166 e. The van der Waals surface area contributed by atoms with Crippen molar-refractivity contribution in [3.05, 3.63) is 22.6 Å². The van der Waals surface area contributed by atoms with Gasteiger partial charge in [-0.25, -0.2) is 9.37 Å². The van der Waals surface area contributed by atoms with Gasteiger partial charge in [-0.1, -0.05) is 0 Å². The van der Waals surface area contributed by atoms with E-state index in [4.69, 9.17) is 5.26 Å². The lowest BCUT2D eigenvalue weighted by atomic mass is 10.2. The molecule has 16 heavy (non-hydrogen) atoms. The number of aromatic nitrogens is 1. The van der Waals surface area contributed by atoms with Gasteiger partial charge in [0.15, 0.2) is 11.6 Å². The second-order valence-electron chi connectivity index (χ2n) is 3.53. The van der Waals surface area contributed by atoms with Crippen molar-refractivity contribution < 1.29 is 4.39 Å². The molecule has 86 valence electrons. The zero-order chi connectivity index (χ0) is 12.1. The summed E-state index contributed by atoms with van der Waals surface area (Å²) >= 11 is 3.16. The van der Waals surface area contributed by atoms with E-state index in [1.165, 1.54) is 6.07 Å². The summed E-state index contributed by atoms with van der Waals surface area (Å²) in [6.45, 7) is 4.82. The first kappa shape index (κ1) is 12.9. The predicted octanol–water partition coefficient (Wildman–Crippen LogP) is 2.97. The minimum Gasteiger partial charge on any atom is -0.353 e. The number of pyridine rings is 1. The molecule has 0 aliphatic heterocycles. The largest absolute Gasteiger partial charge is 0.353 e. The van der Waals surface area contributed by atoms with E-state index in [9.17, 15) is 4.39 Å². The van der Waals surface area contributed by atoms with Crippen molar-refractivity contribution in [2.75, 3.05) is 18.0 Å². The summed E-state index contributed by atoms with van der Waals surface area (Å²) in [4.78, 5) is 5.79. The highest BCUT2D eigenvalue weighted by molar-refractivity contribution is 9.10. The summed E-state index contributed by atoms with van der Waals surface area (Å²) in [6, 6.07) is 3.51. The Hall–Kier alpha value is -1.15. The molecule has 0 radical (unpaired) electrons. The van der Waals surface area contributed by atoms with E-state index in [-0.39, 0.29) is 11.7 Å². The van der Waals surface area contributed by atoms with Gasteiger partial charge in [0.25, 0.3) is 0 Å². The minimum atomic E-state index is -0.374. The van der Waals surface area contributed by atoms with Crippen molar-refractivity contribution in [2.24, 2.45) is 5.92 Å². The van der Waals surface area contributed by atoms with Gasteiger partial charge in [0.2, 0.25) is 0 Å². The van der Waals surface area contributed by atoms with Gasteiger partial charge in [-0.15, -0.1) is 0 Å². The van der Waals surface area contributed by atoms with Crippen LogP contribution in [0.25, 0.3) is 0 Å². The maximum absolute atomic E-state index is 13.6. The monoisotopic (exact) mass is 285 g/mol. The predicted molar refractivity (Wildman–Crippen MR) is 64.6 cm³/mol. The third-order valence-corrected chi connectivity index (χ3v) is 2.62. The topological polar surface area (TPSA) is 39.9 Å². The highest BCUT2D eigenvalue weighted by atomic mass is 79.9. The summed E-state index contributed by atoms with van der Waals surface area (Å²) in [5, 5.41) is 8.74. The van der Waals surface area contributed by atoms with Crippen LogP contribution in [-0.4, -0.2) is 18.1 Å². The van der Waals surface area contributed by atoms with E-state index in [2.05, 4.69) is 27.0 Å². The minimum absolute atomic E-state index is 0.148. The molecular weight excluding hydrogens is 273 g/mol. The Kier molecular flexibility index (Phi) is 4.69. The summed E-state index contributed by atoms with van der Waals surface area (Å²) in [5.41, 5.74) is 0. The second kappa shape index (κ2) is 5.80. The number of anilines is 1. The van der Waals surface area contributed by atoms with Crippen LogP contribution in [0.5, 0.6) is 0 Å². The Bertz CT molecular complexity index is 403. The van der Waals surface area contributed by atoms with Crippen LogP contribution >= 0.6 is 15.9 Å². The molecule has 5 heteroatoms. The van der Waals surface area contributed by atoms with E-state index in [0.717, 1.165) is 0 Å². The molecule has 0 aliphatic carbocycles. The first-order valence-corrected chi connectivity index (χ1v) is 5.83. The molecule has 1 rings (SSSR count). The summed E-state index contributed by atoms with van der Waals surface area (Å²) < 4.78 is 14.2. The fourth-order valence-electron chi connectivity index (χ4n) is 1.38. The van der Waals surface area contributed by atoms with Crippen molar-refractivity contribution >= 4 is 21.7 Å². The first-order valence-electron chi connectivity index (χ1n) is 5.04. The van der Waals surface area contributed by atoms with Crippen LogP contribution in [0.4, 0.5) is 10.2 Å². The molecule has 0 saturated carbocycles. The normalized spacial score (nSPS) is 11.9. The lowest BCUT2D eigenvalue weighted by molar-refractivity contribution is 0.597. The van der Waals surface area contributed by atoms with Gasteiger partial charge in [0.1, 0.15) is 0 Å². The van der Waals surface area contributed by atoms with Gasteiger partial charge in [0.05, 0.1) is 12.0 Å². The van der Waals surface area contributed by atoms with Crippen LogP contribution in [0.1, 0.15) is 13.8 Å². The Morgan fingerprint density at radius 2 is 2.38 bits per heavy atom. The van der Waals surface area contributed by atoms with Crippen LogP contribution in [0.3, 0.4) is 0 Å². The van der Waals surface area contributed by atoms with Gasteiger partial charge in [-0.2, -0.15) is 5.26 Å². The maximum Gasteiger partial charge on any atom is 0.166 e. The van der Waals surface area contributed by atoms with Gasteiger partial charge in [0, 0.05) is 23.8 Å². The van der Waals surface area contributed by atoms with Crippen LogP contribution in [-0.2, 0) is 0 Å². The third kappa shape index (κ3) is 3.17. The van der Waals surface area contributed by atoms with E-state index in [1.54, 1.807) is 18.0 Å². The third-order valence-electron chi connectivity index (χ3n) is 2.18. The average molecular weight is 286 g/mol. The summed E-state index contributed by atoms with van der Waals surface area (Å²) in [7, 11) is 0. The number of halogens is 2. The highest BCUT2D eigenvalue weighted by Crippen LogP contribution is 2.20. The van der Waals surface area contributed by atoms with Crippen molar-refractivity contribution in [1.29, 1.82) is 5.26 Å². The van der Waals surface area contributed by atoms with Crippen LogP contribution in [0, 0.1) is 23.1 Å². The Morgan fingerprint density at radius 3 is 2.88 bits per heavy atom. The number of nitrogens with zero attached hydrogens (tertiary/aromatic N) is 3. The van der Waals surface area contributed by atoms with Crippen molar-refractivity contribution in [2.45, 2.75) is 13.8 Å². The van der Waals surface area contributed by atoms with Crippen LogP contribution in [0.15, 0.2) is 16.7 Å². The molecule has 1 unspecified atom stereocenters. The summed E-state index contributed by atoms with van der Waals surface area (Å²) in [5.74, 6) is -0.223. The van der Waals surface area contributed by atoms with Crippen molar-refractivity contribution in [1.82, 2.24) is 4.98 Å². The molecule has 1 aromatic rings. The fourth-order valence-corrected chi connectivity index (χ4v) is 1.68. The van der Waals surface area contributed by atoms with Gasteiger partial charge in [-0.3, -0.25) is 0 Å². The first-order chi connectivity index (χ1) is 7.58. The summed E-state index contributed by atoms with van der Waals surface area (Å²) in [6.07, 6.45) is 1.55. The Labute approximate surface area is 103 Å². The number of rotatable bonds is 4.